The minimum Gasteiger partial charge on any atom is -0.412 e. The Morgan fingerprint density at radius 2 is 2.33 bits per heavy atom. The van der Waals surface area contributed by atoms with Gasteiger partial charge >= 0.3 is 0 Å². The van der Waals surface area contributed by atoms with Crippen LogP contribution in [0.1, 0.15) is 25.5 Å². The SMILES string of the molecule is CC(C)c1ccn(O)n1. The summed E-state index contributed by atoms with van der Waals surface area (Å²) in [5.41, 5.74) is 0.914. The minimum absolute atomic E-state index is 0.387. The summed E-state index contributed by atoms with van der Waals surface area (Å²) in [5, 5.41) is 12.5. The fourth-order valence-electron chi connectivity index (χ4n) is 0.636. The van der Waals surface area contributed by atoms with Crippen LogP contribution in [0.5, 0.6) is 0 Å². The topological polar surface area (TPSA) is 38.0 Å². The van der Waals surface area contributed by atoms with E-state index in [2.05, 4.69) is 5.10 Å². The summed E-state index contributed by atoms with van der Waals surface area (Å²) in [5.74, 6) is 0.387. The Kier molecular flexibility index (Phi) is 1.42. The van der Waals surface area contributed by atoms with E-state index in [1.54, 1.807) is 6.07 Å². The number of nitrogens with zero attached hydrogens (tertiary/aromatic N) is 2. The van der Waals surface area contributed by atoms with Crippen molar-refractivity contribution in [2.75, 3.05) is 0 Å². The van der Waals surface area contributed by atoms with Crippen molar-refractivity contribution < 1.29 is 5.21 Å². The van der Waals surface area contributed by atoms with Crippen molar-refractivity contribution in [2.45, 2.75) is 19.8 Å². The van der Waals surface area contributed by atoms with Crippen molar-refractivity contribution in [1.82, 2.24) is 9.94 Å². The Morgan fingerprint density at radius 3 is 2.56 bits per heavy atom. The molecule has 0 radical (unpaired) electrons. The maximum Gasteiger partial charge on any atom is 0.0685 e. The third kappa shape index (κ3) is 1.22. The highest BCUT2D eigenvalue weighted by molar-refractivity contribution is 5.02. The molecule has 3 nitrogen and oxygen atoms in total. The van der Waals surface area contributed by atoms with Crippen LogP contribution >= 0.6 is 0 Å². The molecule has 0 amide bonds. The third-order valence-corrected chi connectivity index (χ3v) is 1.19. The molecule has 1 aromatic rings. The van der Waals surface area contributed by atoms with Crippen molar-refractivity contribution in [3.8, 4) is 0 Å². The predicted octanol–water partition coefficient (Wildman–Crippen LogP) is 1.24. The summed E-state index contributed by atoms with van der Waals surface area (Å²) < 4.78 is 0. The number of rotatable bonds is 1. The second-order valence-corrected chi connectivity index (χ2v) is 2.32. The monoisotopic (exact) mass is 126 g/mol. The Hall–Kier alpha value is -0.990. The molecule has 0 saturated carbocycles. The van der Waals surface area contributed by atoms with Gasteiger partial charge in [0.1, 0.15) is 0 Å². The summed E-state index contributed by atoms with van der Waals surface area (Å²) in [4.78, 5) is 0.829. The molecule has 0 fully saturated rings. The Bertz CT molecular complexity index is 193. The van der Waals surface area contributed by atoms with E-state index < -0.39 is 0 Å². The van der Waals surface area contributed by atoms with Crippen molar-refractivity contribution >= 4 is 0 Å². The molecule has 1 aromatic heterocycles. The molecule has 0 spiro atoms. The van der Waals surface area contributed by atoms with Gasteiger partial charge in [-0.1, -0.05) is 13.8 Å². The first-order valence-corrected chi connectivity index (χ1v) is 2.95. The molecular formula is C6H10N2O. The predicted molar refractivity (Wildman–Crippen MR) is 33.5 cm³/mol. The van der Waals surface area contributed by atoms with E-state index in [0.29, 0.717) is 5.92 Å². The van der Waals surface area contributed by atoms with Gasteiger partial charge in [-0.25, -0.2) is 0 Å². The van der Waals surface area contributed by atoms with Gasteiger partial charge in [0.05, 0.1) is 11.9 Å². The lowest BCUT2D eigenvalue weighted by Gasteiger charge is -1.94. The summed E-state index contributed by atoms with van der Waals surface area (Å²) in [6, 6.07) is 1.80. The second-order valence-electron chi connectivity index (χ2n) is 2.32. The summed E-state index contributed by atoms with van der Waals surface area (Å²) >= 11 is 0. The van der Waals surface area contributed by atoms with Crippen molar-refractivity contribution in [2.24, 2.45) is 0 Å². The van der Waals surface area contributed by atoms with Crippen LogP contribution in [0.25, 0.3) is 0 Å². The molecular weight excluding hydrogens is 116 g/mol. The van der Waals surface area contributed by atoms with E-state index in [-0.39, 0.29) is 0 Å². The van der Waals surface area contributed by atoms with E-state index in [4.69, 9.17) is 5.21 Å². The molecule has 0 bridgehead atoms. The highest BCUT2D eigenvalue weighted by Crippen LogP contribution is 2.08. The molecule has 50 valence electrons. The van der Waals surface area contributed by atoms with Crippen LogP contribution < -0.4 is 0 Å². The normalized spacial score (nSPS) is 10.6. The van der Waals surface area contributed by atoms with Crippen LogP contribution in [0.4, 0.5) is 0 Å². The number of hydrogen-bond acceptors (Lipinski definition) is 2. The van der Waals surface area contributed by atoms with Gasteiger partial charge in [0, 0.05) is 0 Å². The second kappa shape index (κ2) is 2.09. The maximum absolute atomic E-state index is 8.71. The van der Waals surface area contributed by atoms with Crippen molar-refractivity contribution in [3.05, 3.63) is 18.0 Å². The molecule has 0 unspecified atom stereocenters. The highest BCUT2D eigenvalue weighted by atomic mass is 16.5. The summed E-state index contributed by atoms with van der Waals surface area (Å²) in [7, 11) is 0. The third-order valence-electron chi connectivity index (χ3n) is 1.19. The van der Waals surface area contributed by atoms with Gasteiger partial charge in [-0.05, 0) is 12.0 Å². The smallest absolute Gasteiger partial charge is 0.0685 e. The number of aromatic nitrogens is 2. The molecule has 3 heteroatoms. The van der Waals surface area contributed by atoms with Crippen LogP contribution in [-0.2, 0) is 0 Å². The van der Waals surface area contributed by atoms with Gasteiger partial charge in [0.2, 0.25) is 0 Å². The van der Waals surface area contributed by atoms with Crippen LogP contribution in [0.2, 0.25) is 0 Å². The van der Waals surface area contributed by atoms with Gasteiger partial charge in [0.25, 0.3) is 0 Å². The van der Waals surface area contributed by atoms with Gasteiger partial charge < -0.3 is 5.21 Å². The lowest BCUT2D eigenvalue weighted by atomic mass is 10.1. The zero-order chi connectivity index (χ0) is 6.85. The van der Waals surface area contributed by atoms with Crippen LogP contribution in [-0.4, -0.2) is 15.2 Å². The van der Waals surface area contributed by atoms with Gasteiger partial charge in [-0.15, -0.1) is 9.94 Å². The maximum atomic E-state index is 8.71. The Morgan fingerprint density at radius 1 is 1.67 bits per heavy atom. The quantitative estimate of drug-likeness (QED) is 0.575. The van der Waals surface area contributed by atoms with E-state index in [9.17, 15) is 0 Å². The number of hydrogen-bond donors (Lipinski definition) is 1. The Labute approximate surface area is 53.9 Å². The van der Waals surface area contributed by atoms with Crippen LogP contribution in [0, 0.1) is 0 Å². The van der Waals surface area contributed by atoms with Crippen LogP contribution in [0.3, 0.4) is 0 Å². The largest absolute Gasteiger partial charge is 0.412 e. The first-order valence-electron chi connectivity index (χ1n) is 2.95. The molecule has 1 N–H and O–H groups in total. The summed E-state index contributed by atoms with van der Waals surface area (Å²) in [6.45, 7) is 4.06. The zero-order valence-corrected chi connectivity index (χ0v) is 5.57. The molecule has 1 heterocycles. The van der Waals surface area contributed by atoms with Gasteiger partial charge in [-0.2, -0.15) is 0 Å². The zero-order valence-electron chi connectivity index (χ0n) is 5.57. The molecule has 0 aliphatic carbocycles. The molecule has 1 rings (SSSR count). The van der Waals surface area contributed by atoms with Gasteiger partial charge in [-0.3, -0.25) is 0 Å². The van der Waals surface area contributed by atoms with Crippen molar-refractivity contribution in [3.63, 3.8) is 0 Å². The Balaban J connectivity index is 2.85. The molecule has 0 aromatic carbocycles. The summed E-state index contributed by atoms with van der Waals surface area (Å²) in [6.07, 6.45) is 1.52. The average molecular weight is 126 g/mol. The van der Waals surface area contributed by atoms with E-state index in [1.807, 2.05) is 13.8 Å². The lowest BCUT2D eigenvalue weighted by Crippen LogP contribution is -1.93. The van der Waals surface area contributed by atoms with E-state index >= 15 is 0 Å². The van der Waals surface area contributed by atoms with E-state index in [1.165, 1.54) is 6.20 Å². The average Bonchev–Trinajstić information content (AvgIpc) is 2.14. The van der Waals surface area contributed by atoms with Crippen LogP contribution in [0.15, 0.2) is 12.3 Å². The molecule has 0 atom stereocenters. The molecule has 9 heavy (non-hydrogen) atoms. The fraction of sp³-hybridized carbons (Fsp3) is 0.500. The molecule has 0 saturated heterocycles. The highest BCUT2D eigenvalue weighted by Gasteiger charge is 2.00. The van der Waals surface area contributed by atoms with E-state index in [0.717, 1.165) is 10.5 Å². The fourth-order valence-corrected chi connectivity index (χ4v) is 0.636. The minimum atomic E-state index is 0.387. The first-order chi connectivity index (χ1) is 4.20. The molecule has 0 aliphatic rings. The lowest BCUT2D eigenvalue weighted by molar-refractivity contribution is 0.147. The molecule has 0 aliphatic heterocycles. The van der Waals surface area contributed by atoms with Crippen molar-refractivity contribution in [1.29, 1.82) is 0 Å². The standard InChI is InChI=1S/C6H10N2O/c1-5(2)6-3-4-8(9)7-6/h3-5,9H,1-2H3. The van der Waals surface area contributed by atoms with Gasteiger partial charge in [0.15, 0.2) is 0 Å². The first kappa shape index (κ1) is 6.13.